The van der Waals surface area contributed by atoms with Gasteiger partial charge in [-0.15, -0.1) is 11.6 Å². The Labute approximate surface area is 115 Å². The van der Waals surface area contributed by atoms with Gasteiger partial charge in [-0.2, -0.15) is 0 Å². The number of hydrogen-bond donors (Lipinski definition) is 2. The van der Waals surface area contributed by atoms with E-state index in [4.69, 9.17) is 11.6 Å². The summed E-state index contributed by atoms with van der Waals surface area (Å²) in [7, 11) is 0. The van der Waals surface area contributed by atoms with Gasteiger partial charge in [0.1, 0.15) is 0 Å². The van der Waals surface area contributed by atoms with Gasteiger partial charge in [-0.25, -0.2) is 4.79 Å². The van der Waals surface area contributed by atoms with E-state index in [9.17, 15) is 9.59 Å². The molecule has 4 nitrogen and oxygen atoms in total. The monoisotopic (exact) mass is 276 g/mol. The Morgan fingerprint density at radius 2 is 1.89 bits per heavy atom. The first-order chi connectivity index (χ1) is 8.41. The fourth-order valence-electron chi connectivity index (χ4n) is 1.58. The van der Waals surface area contributed by atoms with Crippen molar-refractivity contribution in [3.05, 3.63) is 0 Å². The number of alkyl halides is 1. The molecule has 0 saturated heterocycles. The number of carbonyl (C=O) groups excluding carboxylic acids is 2. The lowest BCUT2D eigenvalue weighted by Gasteiger charge is -2.24. The van der Waals surface area contributed by atoms with E-state index in [1.165, 1.54) is 12.8 Å². The van der Waals surface area contributed by atoms with Crippen LogP contribution in [-0.2, 0) is 4.79 Å². The predicted octanol–water partition coefficient (Wildman–Crippen LogP) is 3.05. The van der Waals surface area contributed by atoms with Crippen molar-refractivity contribution in [2.75, 3.05) is 12.4 Å². The molecule has 0 aliphatic rings. The molecule has 0 aromatic heterocycles. The highest BCUT2D eigenvalue weighted by Gasteiger charge is 2.18. The summed E-state index contributed by atoms with van der Waals surface area (Å²) in [6, 6.07) is -0.436. The first-order valence-corrected chi connectivity index (χ1v) is 7.08. The highest BCUT2D eigenvalue weighted by atomic mass is 35.5. The predicted molar refractivity (Wildman–Crippen MR) is 74.8 cm³/mol. The van der Waals surface area contributed by atoms with Crippen molar-refractivity contribution in [2.45, 2.75) is 52.9 Å². The molecule has 106 valence electrons. The number of hydrogen-bond acceptors (Lipinski definition) is 2. The standard InChI is InChI=1S/C13H25ClN2O2/c1-4-5-6-8-13(2,3)10-15-12(18)16-11(17)7-9-14/h4-10H2,1-3H3,(H2,15,16,17,18). The summed E-state index contributed by atoms with van der Waals surface area (Å²) in [4.78, 5) is 22.6. The van der Waals surface area contributed by atoms with E-state index in [1.807, 2.05) is 0 Å². The van der Waals surface area contributed by atoms with Crippen LogP contribution in [0.15, 0.2) is 0 Å². The van der Waals surface area contributed by atoms with Crippen molar-refractivity contribution >= 4 is 23.5 Å². The third-order valence-corrected chi connectivity index (χ3v) is 2.95. The van der Waals surface area contributed by atoms with E-state index < -0.39 is 6.03 Å². The fraction of sp³-hybridized carbons (Fsp3) is 0.846. The molecule has 0 unspecified atom stereocenters. The summed E-state index contributed by atoms with van der Waals surface area (Å²) in [6.07, 6.45) is 4.80. The summed E-state index contributed by atoms with van der Waals surface area (Å²) < 4.78 is 0. The van der Waals surface area contributed by atoms with E-state index in [1.54, 1.807) is 0 Å². The Balaban J connectivity index is 3.85. The lowest BCUT2D eigenvalue weighted by molar-refractivity contribution is -0.119. The van der Waals surface area contributed by atoms with Crippen LogP contribution in [0.1, 0.15) is 52.9 Å². The fourth-order valence-corrected chi connectivity index (χ4v) is 1.75. The van der Waals surface area contributed by atoms with Gasteiger partial charge in [-0.1, -0.05) is 40.0 Å². The summed E-state index contributed by atoms with van der Waals surface area (Å²) >= 11 is 5.41. The Kier molecular flexibility index (Phi) is 8.81. The Morgan fingerprint density at radius 3 is 2.44 bits per heavy atom. The van der Waals surface area contributed by atoms with E-state index in [0.29, 0.717) is 6.54 Å². The second-order valence-corrected chi connectivity index (χ2v) is 5.67. The van der Waals surface area contributed by atoms with Crippen molar-refractivity contribution in [1.29, 1.82) is 0 Å². The molecule has 0 radical (unpaired) electrons. The normalized spacial score (nSPS) is 11.1. The molecule has 0 rings (SSSR count). The van der Waals surface area contributed by atoms with E-state index in [0.717, 1.165) is 12.8 Å². The van der Waals surface area contributed by atoms with Gasteiger partial charge in [0, 0.05) is 18.8 Å². The van der Waals surface area contributed by atoms with Crippen molar-refractivity contribution in [1.82, 2.24) is 10.6 Å². The van der Waals surface area contributed by atoms with Crippen molar-refractivity contribution in [2.24, 2.45) is 5.41 Å². The Morgan fingerprint density at radius 1 is 1.22 bits per heavy atom. The molecule has 0 saturated carbocycles. The maximum Gasteiger partial charge on any atom is 0.321 e. The van der Waals surface area contributed by atoms with Gasteiger partial charge < -0.3 is 5.32 Å². The lowest BCUT2D eigenvalue weighted by Crippen LogP contribution is -2.43. The van der Waals surface area contributed by atoms with Crippen LogP contribution in [-0.4, -0.2) is 24.4 Å². The molecule has 2 N–H and O–H groups in total. The zero-order chi connectivity index (χ0) is 14.0. The number of halogens is 1. The molecule has 18 heavy (non-hydrogen) atoms. The number of imide groups is 1. The number of rotatable bonds is 8. The smallest absolute Gasteiger partial charge is 0.321 e. The third-order valence-electron chi connectivity index (χ3n) is 2.76. The molecule has 0 fully saturated rings. The number of carbonyl (C=O) groups is 2. The number of unbranched alkanes of at least 4 members (excludes halogenated alkanes) is 2. The highest BCUT2D eigenvalue weighted by Crippen LogP contribution is 2.22. The van der Waals surface area contributed by atoms with Crippen LogP contribution in [0.2, 0.25) is 0 Å². The topological polar surface area (TPSA) is 58.2 Å². The van der Waals surface area contributed by atoms with Crippen molar-refractivity contribution in [3.63, 3.8) is 0 Å². The van der Waals surface area contributed by atoms with E-state index >= 15 is 0 Å². The maximum atomic E-state index is 11.4. The van der Waals surface area contributed by atoms with Crippen molar-refractivity contribution in [3.8, 4) is 0 Å². The zero-order valence-electron chi connectivity index (χ0n) is 11.6. The molecular formula is C13H25ClN2O2. The van der Waals surface area contributed by atoms with Crippen LogP contribution in [0, 0.1) is 5.41 Å². The maximum absolute atomic E-state index is 11.4. The Bertz CT molecular complexity index is 268. The van der Waals surface area contributed by atoms with Crippen LogP contribution in [0.3, 0.4) is 0 Å². The zero-order valence-corrected chi connectivity index (χ0v) is 12.4. The SMILES string of the molecule is CCCCCC(C)(C)CNC(=O)NC(=O)CCCl. The summed E-state index contributed by atoms with van der Waals surface area (Å²) in [5, 5.41) is 4.97. The molecule has 5 heteroatoms. The van der Waals surface area contributed by atoms with E-state index in [2.05, 4.69) is 31.4 Å². The molecule has 0 aromatic carbocycles. The molecule has 0 spiro atoms. The average Bonchev–Trinajstić information content (AvgIpc) is 2.27. The molecule has 0 atom stereocenters. The molecule has 3 amide bonds. The largest absolute Gasteiger partial charge is 0.337 e. The highest BCUT2D eigenvalue weighted by molar-refractivity contribution is 6.19. The van der Waals surface area contributed by atoms with E-state index in [-0.39, 0.29) is 23.6 Å². The lowest BCUT2D eigenvalue weighted by atomic mass is 9.87. The minimum Gasteiger partial charge on any atom is -0.337 e. The quantitative estimate of drug-likeness (QED) is 0.529. The van der Waals surface area contributed by atoms with Gasteiger partial charge in [0.15, 0.2) is 0 Å². The molecule has 0 aromatic rings. The number of nitrogens with one attached hydrogen (secondary N) is 2. The molecular weight excluding hydrogens is 252 g/mol. The van der Waals surface area contributed by atoms with Crippen LogP contribution in [0.4, 0.5) is 4.79 Å². The van der Waals surface area contributed by atoms with Gasteiger partial charge in [0.2, 0.25) is 5.91 Å². The van der Waals surface area contributed by atoms with Crippen molar-refractivity contribution < 1.29 is 9.59 Å². The molecule has 0 heterocycles. The summed E-state index contributed by atoms with van der Waals surface area (Å²) in [5.41, 5.74) is 0.0576. The minimum absolute atomic E-state index is 0.0576. The average molecular weight is 277 g/mol. The molecule has 0 bridgehead atoms. The minimum atomic E-state index is -0.436. The first kappa shape index (κ1) is 17.2. The van der Waals surface area contributed by atoms with Gasteiger partial charge in [-0.3, -0.25) is 10.1 Å². The van der Waals surface area contributed by atoms with Gasteiger partial charge in [-0.05, 0) is 11.8 Å². The first-order valence-electron chi connectivity index (χ1n) is 6.55. The van der Waals surface area contributed by atoms with Crippen LogP contribution in [0.25, 0.3) is 0 Å². The number of amides is 3. The van der Waals surface area contributed by atoms with Gasteiger partial charge in [0.25, 0.3) is 0 Å². The van der Waals surface area contributed by atoms with Gasteiger partial charge in [0.05, 0.1) is 0 Å². The summed E-state index contributed by atoms with van der Waals surface area (Å²) in [5.74, 6) is -0.118. The second-order valence-electron chi connectivity index (χ2n) is 5.29. The van der Waals surface area contributed by atoms with Crippen LogP contribution < -0.4 is 10.6 Å². The third kappa shape index (κ3) is 9.28. The van der Waals surface area contributed by atoms with Crippen LogP contribution in [0.5, 0.6) is 0 Å². The number of urea groups is 1. The second kappa shape index (κ2) is 9.20. The van der Waals surface area contributed by atoms with Crippen LogP contribution >= 0.6 is 11.6 Å². The molecule has 0 aliphatic heterocycles. The Hall–Kier alpha value is -0.770. The van der Waals surface area contributed by atoms with Gasteiger partial charge >= 0.3 is 6.03 Å². The molecule has 0 aliphatic carbocycles. The summed E-state index contributed by atoms with van der Waals surface area (Å²) in [6.45, 7) is 6.96.